The van der Waals surface area contributed by atoms with Crippen LogP contribution in [0.5, 0.6) is 0 Å². The summed E-state index contributed by atoms with van der Waals surface area (Å²) >= 11 is 0. The Labute approximate surface area is 137 Å². The Balaban J connectivity index is 2.19. The molecule has 0 spiro atoms. The van der Waals surface area contributed by atoms with Crippen LogP contribution in [0.25, 0.3) is 37.9 Å². The molecule has 0 aliphatic heterocycles. The Bertz CT molecular complexity index is 1140. The predicted molar refractivity (Wildman–Crippen MR) is 95.0 cm³/mol. The molecule has 0 radical (unpaired) electrons. The second-order valence-corrected chi connectivity index (χ2v) is 5.73. The van der Waals surface area contributed by atoms with E-state index in [0.717, 1.165) is 38.4 Å². The Kier molecular flexibility index (Phi) is 3.00. The van der Waals surface area contributed by atoms with Gasteiger partial charge in [-0.2, -0.15) is 0 Å². The molecular weight excluding hydrogens is 302 g/mol. The molecule has 0 saturated heterocycles. The molecule has 4 nitrogen and oxygen atoms in total. The van der Waals surface area contributed by atoms with Crippen LogP contribution in [0.2, 0.25) is 0 Å². The number of rotatable bonds is 3. The zero-order valence-corrected chi connectivity index (χ0v) is 12.6. The molecule has 0 bridgehead atoms. The fourth-order valence-electron chi connectivity index (χ4n) is 3.38. The zero-order valence-electron chi connectivity index (χ0n) is 12.6. The SMILES string of the molecule is NC(=O)C(=CC(=O)O)c1ccc2ccc3cccc4ccc1c2c34. The minimum Gasteiger partial charge on any atom is -0.478 e. The first-order valence-electron chi connectivity index (χ1n) is 7.47. The summed E-state index contributed by atoms with van der Waals surface area (Å²) in [6.45, 7) is 0. The largest absolute Gasteiger partial charge is 0.478 e. The van der Waals surface area contributed by atoms with E-state index < -0.39 is 11.9 Å². The van der Waals surface area contributed by atoms with Crippen LogP contribution < -0.4 is 5.73 Å². The van der Waals surface area contributed by atoms with E-state index in [1.165, 1.54) is 0 Å². The monoisotopic (exact) mass is 315 g/mol. The number of benzene rings is 4. The molecule has 0 unspecified atom stereocenters. The highest BCUT2D eigenvalue weighted by atomic mass is 16.4. The number of carboxylic acids is 1. The predicted octanol–water partition coefficient (Wildman–Crippen LogP) is 3.54. The van der Waals surface area contributed by atoms with Gasteiger partial charge in [-0.05, 0) is 37.9 Å². The summed E-state index contributed by atoms with van der Waals surface area (Å²) in [5.41, 5.74) is 5.96. The van der Waals surface area contributed by atoms with Gasteiger partial charge in [-0.3, -0.25) is 4.79 Å². The van der Waals surface area contributed by atoms with Gasteiger partial charge in [0.1, 0.15) is 0 Å². The number of carbonyl (C=O) groups excluding carboxylic acids is 1. The van der Waals surface area contributed by atoms with E-state index in [2.05, 4.69) is 6.07 Å². The molecule has 0 aliphatic rings. The van der Waals surface area contributed by atoms with Crippen LogP contribution in [-0.2, 0) is 9.59 Å². The van der Waals surface area contributed by atoms with Crippen molar-refractivity contribution < 1.29 is 14.7 Å². The maximum atomic E-state index is 11.8. The Hall–Kier alpha value is -3.40. The Morgan fingerprint density at radius 3 is 2.04 bits per heavy atom. The number of hydrogen-bond donors (Lipinski definition) is 2. The molecule has 0 saturated carbocycles. The summed E-state index contributed by atoms with van der Waals surface area (Å²) in [6, 6.07) is 17.7. The third-order valence-electron chi connectivity index (χ3n) is 4.35. The van der Waals surface area contributed by atoms with Crippen molar-refractivity contribution in [2.75, 3.05) is 0 Å². The third-order valence-corrected chi connectivity index (χ3v) is 4.35. The van der Waals surface area contributed by atoms with E-state index in [-0.39, 0.29) is 5.57 Å². The van der Waals surface area contributed by atoms with E-state index in [9.17, 15) is 9.59 Å². The highest BCUT2D eigenvalue weighted by molar-refractivity contribution is 6.30. The van der Waals surface area contributed by atoms with Crippen LogP contribution in [0.3, 0.4) is 0 Å². The van der Waals surface area contributed by atoms with Crippen LogP contribution >= 0.6 is 0 Å². The van der Waals surface area contributed by atoms with Gasteiger partial charge in [-0.25, -0.2) is 4.79 Å². The number of aliphatic carboxylic acids is 1. The van der Waals surface area contributed by atoms with Gasteiger partial charge in [0.05, 0.1) is 5.57 Å². The van der Waals surface area contributed by atoms with Crippen molar-refractivity contribution in [1.29, 1.82) is 0 Å². The lowest BCUT2D eigenvalue weighted by Gasteiger charge is -2.14. The van der Waals surface area contributed by atoms with Gasteiger partial charge in [0.15, 0.2) is 0 Å². The van der Waals surface area contributed by atoms with Gasteiger partial charge in [-0.15, -0.1) is 0 Å². The van der Waals surface area contributed by atoms with Gasteiger partial charge in [0, 0.05) is 6.08 Å². The minimum absolute atomic E-state index is 0.000402. The molecule has 116 valence electrons. The average Bonchev–Trinajstić information content (AvgIpc) is 2.57. The quantitative estimate of drug-likeness (QED) is 0.448. The first kappa shape index (κ1) is 14.2. The van der Waals surface area contributed by atoms with Gasteiger partial charge in [0.2, 0.25) is 5.91 Å². The molecule has 4 heteroatoms. The van der Waals surface area contributed by atoms with Crippen molar-refractivity contribution in [2.45, 2.75) is 0 Å². The maximum absolute atomic E-state index is 11.8. The molecular formula is C20H13NO3. The van der Waals surface area contributed by atoms with Crippen molar-refractivity contribution in [3.63, 3.8) is 0 Å². The molecule has 4 aromatic rings. The van der Waals surface area contributed by atoms with Crippen molar-refractivity contribution in [1.82, 2.24) is 0 Å². The molecule has 24 heavy (non-hydrogen) atoms. The van der Waals surface area contributed by atoms with Crippen molar-refractivity contribution in [3.8, 4) is 0 Å². The average molecular weight is 315 g/mol. The number of nitrogens with two attached hydrogens (primary N) is 1. The lowest BCUT2D eigenvalue weighted by atomic mass is 9.89. The van der Waals surface area contributed by atoms with E-state index in [4.69, 9.17) is 10.8 Å². The summed E-state index contributed by atoms with van der Waals surface area (Å²) in [7, 11) is 0. The highest BCUT2D eigenvalue weighted by Crippen LogP contribution is 2.37. The highest BCUT2D eigenvalue weighted by Gasteiger charge is 2.16. The van der Waals surface area contributed by atoms with E-state index in [1.807, 2.05) is 42.5 Å². The Morgan fingerprint density at radius 1 is 0.833 bits per heavy atom. The molecule has 0 aliphatic carbocycles. The molecule has 1 amide bonds. The van der Waals surface area contributed by atoms with E-state index in [1.54, 1.807) is 6.07 Å². The first-order valence-corrected chi connectivity index (χ1v) is 7.47. The minimum atomic E-state index is -1.20. The molecule has 4 aromatic carbocycles. The molecule has 0 fully saturated rings. The smallest absolute Gasteiger partial charge is 0.329 e. The zero-order chi connectivity index (χ0) is 16.8. The van der Waals surface area contributed by atoms with Crippen LogP contribution in [0.1, 0.15) is 5.56 Å². The topological polar surface area (TPSA) is 80.4 Å². The maximum Gasteiger partial charge on any atom is 0.329 e. The number of amides is 1. The van der Waals surface area contributed by atoms with E-state index in [0.29, 0.717) is 5.56 Å². The number of carboxylic acid groups (broad SMARTS) is 1. The van der Waals surface area contributed by atoms with Crippen molar-refractivity contribution in [3.05, 3.63) is 66.2 Å². The summed E-state index contributed by atoms with van der Waals surface area (Å²) < 4.78 is 0. The van der Waals surface area contributed by atoms with Crippen LogP contribution in [0, 0.1) is 0 Å². The first-order chi connectivity index (χ1) is 11.6. The van der Waals surface area contributed by atoms with Crippen LogP contribution in [0.4, 0.5) is 0 Å². The lowest BCUT2D eigenvalue weighted by Crippen LogP contribution is -2.14. The second kappa shape index (κ2) is 5.06. The molecule has 0 heterocycles. The summed E-state index contributed by atoms with van der Waals surface area (Å²) in [4.78, 5) is 22.9. The molecule has 0 atom stereocenters. The molecule has 0 aromatic heterocycles. The lowest BCUT2D eigenvalue weighted by molar-refractivity contribution is -0.131. The van der Waals surface area contributed by atoms with Crippen LogP contribution in [-0.4, -0.2) is 17.0 Å². The normalized spacial score (nSPS) is 12.2. The fraction of sp³-hybridized carbons (Fsp3) is 0. The summed E-state index contributed by atoms with van der Waals surface area (Å²) in [6.07, 6.45) is 0.870. The van der Waals surface area contributed by atoms with Crippen molar-refractivity contribution in [2.24, 2.45) is 5.73 Å². The second-order valence-electron chi connectivity index (χ2n) is 5.73. The van der Waals surface area contributed by atoms with Crippen LogP contribution in [0.15, 0.2) is 60.7 Å². The number of hydrogen-bond acceptors (Lipinski definition) is 2. The van der Waals surface area contributed by atoms with Crippen molar-refractivity contribution >= 4 is 49.8 Å². The van der Waals surface area contributed by atoms with E-state index >= 15 is 0 Å². The Morgan fingerprint density at radius 2 is 1.42 bits per heavy atom. The molecule has 4 rings (SSSR count). The van der Waals surface area contributed by atoms with Gasteiger partial charge < -0.3 is 10.8 Å². The number of primary amides is 1. The third kappa shape index (κ3) is 2.01. The van der Waals surface area contributed by atoms with Gasteiger partial charge in [0.25, 0.3) is 0 Å². The molecule has 3 N–H and O–H groups in total. The van der Waals surface area contributed by atoms with Gasteiger partial charge in [-0.1, -0.05) is 54.6 Å². The fourth-order valence-corrected chi connectivity index (χ4v) is 3.38. The van der Waals surface area contributed by atoms with Gasteiger partial charge >= 0.3 is 5.97 Å². The number of carbonyl (C=O) groups is 2. The summed E-state index contributed by atoms with van der Waals surface area (Å²) in [5.74, 6) is -1.96. The summed E-state index contributed by atoms with van der Waals surface area (Å²) in [5, 5.41) is 15.2. The standard InChI is InChI=1S/C20H13NO3/c21-20(24)16(10-17(22)23)14-8-6-13-5-4-11-2-1-3-12-7-9-15(14)19(13)18(11)12/h1-10H,(H2,21,24)(H,22,23).